The Balaban J connectivity index is 2.32. The predicted molar refractivity (Wildman–Crippen MR) is 59.3 cm³/mol. The minimum atomic E-state index is 0.358. The van der Waals surface area contributed by atoms with Gasteiger partial charge in [-0.15, -0.1) is 0 Å². The molecule has 1 fully saturated rings. The van der Waals surface area contributed by atoms with E-state index in [0.29, 0.717) is 17.6 Å². The Morgan fingerprint density at radius 1 is 1.29 bits per heavy atom. The van der Waals surface area contributed by atoms with E-state index >= 15 is 0 Å². The summed E-state index contributed by atoms with van der Waals surface area (Å²) in [4.78, 5) is 11.9. The summed E-state index contributed by atoms with van der Waals surface area (Å²) in [6, 6.07) is 0. The van der Waals surface area contributed by atoms with Crippen molar-refractivity contribution in [1.29, 1.82) is 0 Å². The molecule has 1 saturated heterocycles. The summed E-state index contributed by atoms with van der Waals surface area (Å²) in [5.41, 5.74) is 0. The Hall–Kier alpha value is -0.370. The van der Waals surface area contributed by atoms with Gasteiger partial charge in [-0.2, -0.15) is 0 Å². The number of hydrogen-bond acceptors (Lipinski definition) is 2. The molecule has 0 saturated carbocycles. The lowest BCUT2D eigenvalue weighted by Crippen LogP contribution is -2.32. The zero-order valence-electron chi connectivity index (χ0n) is 9.51. The van der Waals surface area contributed by atoms with E-state index in [4.69, 9.17) is 0 Å². The van der Waals surface area contributed by atoms with Gasteiger partial charge in [0.25, 0.3) is 0 Å². The number of hydrogen-bond donors (Lipinski definition) is 1. The molecule has 0 aromatic carbocycles. The van der Waals surface area contributed by atoms with E-state index in [1.165, 1.54) is 0 Å². The van der Waals surface area contributed by atoms with E-state index < -0.39 is 0 Å². The van der Waals surface area contributed by atoms with Crippen molar-refractivity contribution in [2.24, 2.45) is 11.8 Å². The number of piperidine rings is 1. The van der Waals surface area contributed by atoms with Crippen molar-refractivity contribution < 1.29 is 4.79 Å². The average Bonchev–Trinajstić information content (AvgIpc) is 2.26. The first-order valence-corrected chi connectivity index (χ1v) is 6.01. The smallest absolute Gasteiger partial charge is 0.136 e. The minimum absolute atomic E-state index is 0.358. The number of nitrogens with one attached hydrogen (secondary N) is 1. The lowest BCUT2D eigenvalue weighted by atomic mass is 9.86. The molecule has 0 aromatic heterocycles. The van der Waals surface area contributed by atoms with Gasteiger partial charge < -0.3 is 5.32 Å². The molecule has 0 atom stereocenters. The summed E-state index contributed by atoms with van der Waals surface area (Å²) in [7, 11) is 0. The fourth-order valence-corrected chi connectivity index (χ4v) is 2.17. The Labute approximate surface area is 87.5 Å². The molecular formula is C12H23NO. The number of Topliss-reactive ketones (excluding diaryl/α,β-unsaturated/α-hetero) is 1. The molecule has 2 heteroatoms. The SMILES string of the molecule is CCC(CC)CC(=O)C1CCNCC1. The number of rotatable bonds is 5. The monoisotopic (exact) mass is 197 g/mol. The third kappa shape index (κ3) is 3.41. The molecule has 1 rings (SSSR count). The molecule has 0 aliphatic carbocycles. The number of carbonyl (C=O) groups is 1. The minimum Gasteiger partial charge on any atom is -0.317 e. The van der Waals surface area contributed by atoms with E-state index in [9.17, 15) is 4.79 Å². The van der Waals surface area contributed by atoms with Crippen LogP contribution in [0.3, 0.4) is 0 Å². The molecule has 1 N–H and O–H groups in total. The van der Waals surface area contributed by atoms with Crippen molar-refractivity contribution in [3.8, 4) is 0 Å². The Morgan fingerprint density at radius 2 is 1.86 bits per heavy atom. The van der Waals surface area contributed by atoms with Gasteiger partial charge in [0.2, 0.25) is 0 Å². The molecule has 1 heterocycles. The molecule has 14 heavy (non-hydrogen) atoms. The molecule has 1 aliphatic heterocycles. The topological polar surface area (TPSA) is 29.1 Å². The highest BCUT2D eigenvalue weighted by Crippen LogP contribution is 2.20. The first kappa shape index (κ1) is 11.7. The van der Waals surface area contributed by atoms with Gasteiger partial charge in [-0.1, -0.05) is 26.7 Å². The third-order valence-corrected chi connectivity index (χ3v) is 3.44. The Kier molecular flexibility index (Phi) is 5.16. The number of ketones is 1. The van der Waals surface area contributed by atoms with Crippen LogP contribution in [0.15, 0.2) is 0 Å². The average molecular weight is 197 g/mol. The lowest BCUT2D eigenvalue weighted by Gasteiger charge is -2.23. The fraction of sp³-hybridized carbons (Fsp3) is 0.917. The number of carbonyl (C=O) groups excluding carboxylic acids is 1. The van der Waals surface area contributed by atoms with Crippen LogP contribution in [0.25, 0.3) is 0 Å². The van der Waals surface area contributed by atoms with Gasteiger partial charge in [0.05, 0.1) is 0 Å². The van der Waals surface area contributed by atoms with E-state index in [-0.39, 0.29) is 0 Å². The second kappa shape index (κ2) is 6.18. The van der Waals surface area contributed by atoms with Crippen molar-refractivity contribution in [1.82, 2.24) is 5.32 Å². The van der Waals surface area contributed by atoms with Crippen LogP contribution < -0.4 is 5.32 Å². The standard InChI is InChI=1S/C12H23NO/c1-3-10(4-2)9-12(14)11-5-7-13-8-6-11/h10-11,13H,3-9H2,1-2H3. The van der Waals surface area contributed by atoms with Crippen molar-refractivity contribution >= 4 is 5.78 Å². The molecule has 0 radical (unpaired) electrons. The highest BCUT2D eigenvalue weighted by atomic mass is 16.1. The summed E-state index contributed by atoms with van der Waals surface area (Å²) < 4.78 is 0. The van der Waals surface area contributed by atoms with Crippen LogP contribution >= 0.6 is 0 Å². The van der Waals surface area contributed by atoms with E-state index in [0.717, 1.165) is 45.2 Å². The quantitative estimate of drug-likeness (QED) is 0.733. The molecule has 82 valence electrons. The third-order valence-electron chi connectivity index (χ3n) is 3.44. The molecule has 0 amide bonds. The molecular weight excluding hydrogens is 174 g/mol. The van der Waals surface area contributed by atoms with Crippen LogP contribution in [0, 0.1) is 11.8 Å². The van der Waals surface area contributed by atoms with E-state index in [1.807, 2.05) is 0 Å². The van der Waals surface area contributed by atoms with Crippen LogP contribution in [0.5, 0.6) is 0 Å². The van der Waals surface area contributed by atoms with Crippen LogP contribution in [0.4, 0.5) is 0 Å². The summed E-state index contributed by atoms with van der Waals surface area (Å²) in [6.07, 6.45) is 5.22. The lowest BCUT2D eigenvalue weighted by molar-refractivity contribution is -0.124. The van der Waals surface area contributed by atoms with Crippen molar-refractivity contribution in [2.45, 2.75) is 46.0 Å². The van der Waals surface area contributed by atoms with Gasteiger partial charge in [0.15, 0.2) is 0 Å². The van der Waals surface area contributed by atoms with Crippen molar-refractivity contribution in [3.63, 3.8) is 0 Å². The van der Waals surface area contributed by atoms with Crippen LogP contribution in [0.2, 0.25) is 0 Å². The highest BCUT2D eigenvalue weighted by molar-refractivity contribution is 5.81. The molecule has 0 aromatic rings. The maximum absolute atomic E-state index is 11.9. The largest absolute Gasteiger partial charge is 0.317 e. The molecule has 0 bridgehead atoms. The van der Waals surface area contributed by atoms with Crippen molar-refractivity contribution in [3.05, 3.63) is 0 Å². The van der Waals surface area contributed by atoms with Gasteiger partial charge in [0, 0.05) is 12.3 Å². The molecule has 0 spiro atoms. The first-order valence-electron chi connectivity index (χ1n) is 6.01. The Morgan fingerprint density at radius 3 is 2.36 bits per heavy atom. The summed E-state index contributed by atoms with van der Waals surface area (Å²) in [6.45, 7) is 6.42. The molecule has 0 unspecified atom stereocenters. The van der Waals surface area contributed by atoms with Crippen LogP contribution in [-0.2, 0) is 4.79 Å². The van der Waals surface area contributed by atoms with Gasteiger partial charge in [-0.05, 0) is 31.8 Å². The zero-order valence-corrected chi connectivity index (χ0v) is 9.51. The second-order valence-electron chi connectivity index (χ2n) is 4.38. The summed E-state index contributed by atoms with van der Waals surface area (Å²) in [5.74, 6) is 1.49. The van der Waals surface area contributed by atoms with Gasteiger partial charge in [0.1, 0.15) is 5.78 Å². The second-order valence-corrected chi connectivity index (χ2v) is 4.38. The fourth-order valence-electron chi connectivity index (χ4n) is 2.17. The van der Waals surface area contributed by atoms with Gasteiger partial charge >= 0.3 is 0 Å². The maximum atomic E-state index is 11.9. The van der Waals surface area contributed by atoms with E-state index in [2.05, 4.69) is 19.2 Å². The first-order chi connectivity index (χ1) is 6.77. The van der Waals surface area contributed by atoms with E-state index in [1.54, 1.807) is 0 Å². The molecule has 1 aliphatic rings. The normalized spacial score (nSPS) is 18.8. The van der Waals surface area contributed by atoms with Gasteiger partial charge in [-0.25, -0.2) is 0 Å². The molecule has 2 nitrogen and oxygen atoms in total. The van der Waals surface area contributed by atoms with Crippen LogP contribution in [0.1, 0.15) is 46.0 Å². The van der Waals surface area contributed by atoms with Crippen LogP contribution in [-0.4, -0.2) is 18.9 Å². The van der Waals surface area contributed by atoms with Gasteiger partial charge in [-0.3, -0.25) is 4.79 Å². The maximum Gasteiger partial charge on any atom is 0.136 e. The van der Waals surface area contributed by atoms with Crippen molar-refractivity contribution in [2.75, 3.05) is 13.1 Å². The zero-order chi connectivity index (χ0) is 10.4. The summed E-state index contributed by atoms with van der Waals surface area (Å²) in [5, 5.41) is 3.30. The predicted octanol–water partition coefficient (Wildman–Crippen LogP) is 2.38. The highest BCUT2D eigenvalue weighted by Gasteiger charge is 2.22. The Bertz CT molecular complexity index is 169. The summed E-state index contributed by atoms with van der Waals surface area (Å²) >= 11 is 0.